The summed E-state index contributed by atoms with van der Waals surface area (Å²) in [4.78, 5) is 0. The lowest BCUT2D eigenvalue weighted by atomic mass is 9.85. The number of benzene rings is 1. The van der Waals surface area contributed by atoms with Crippen LogP contribution < -0.4 is 4.74 Å². The molecule has 0 bridgehead atoms. The largest absolute Gasteiger partial charge is 0.496 e. The van der Waals surface area contributed by atoms with Crippen molar-refractivity contribution in [3.8, 4) is 5.75 Å². The van der Waals surface area contributed by atoms with Crippen molar-refractivity contribution in [1.82, 2.24) is 0 Å². The van der Waals surface area contributed by atoms with Gasteiger partial charge in [-0.25, -0.2) is 0 Å². The molecule has 0 aliphatic heterocycles. The van der Waals surface area contributed by atoms with E-state index in [9.17, 15) is 0 Å². The van der Waals surface area contributed by atoms with Gasteiger partial charge >= 0.3 is 0 Å². The molecule has 0 heterocycles. The van der Waals surface area contributed by atoms with E-state index >= 15 is 0 Å². The summed E-state index contributed by atoms with van der Waals surface area (Å²) >= 11 is 6.55. The van der Waals surface area contributed by atoms with Crippen LogP contribution in [0.4, 0.5) is 0 Å². The van der Waals surface area contributed by atoms with E-state index in [1.165, 1.54) is 49.7 Å². The van der Waals surface area contributed by atoms with E-state index in [1.807, 2.05) is 6.07 Å². The summed E-state index contributed by atoms with van der Waals surface area (Å²) in [7, 11) is 1.71. The van der Waals surface area contributed by atoms with Crippen LogP contribution in [0.15, 0.2) is 18.2 Å². The third-order valence-electron chi connectivity index (χ3n) is 4.33. The minimum Gasteiger partial charge on any atom is -0.496 e. The molecule has 1 nitrogen and oxygen atoms in total. The molecule has 106 valence electrons. The number of rotatable bonds is 5. The standard InChI is InChI=1S/C17H25ClO/c1-13-12-15(9-11-17(13)19-2)16(18)10-8-14-6-4-3-5-7-14/h9,11-12,14,16H,3-8,10H2,1-2H3. The zero-order chi connectivity index (χ0) is 13.7. The first-order valence-electron chi connectivity index (χ1n) is 7.49. The van der Waals surface area contributed by atoms with Gasteiger partial charge in [-0.3, -0.25) is 0 Å². The van der Waals surface area contributed by atoms with Crippen LogP contribution in [-0.2, 0) is 0 Å². The van der Waals surface area contributed by atoms with Crippen molar-refractivity contribution in [3.05, 3.63) is 29.3 Å². The van der Waals surface area contributed by atoms with E-state index in [4.69, 9.17) is 16.3 Å². The molecule has 0 radical (unpaired) electrons. The molecule has 1 aliphatic rings. The van der Waals surface area contributed by atoms with Crippen LogP contribution >= 0.6 is 11.6 Å². The molecule has 1 aromatic rings. The smallest absolute Gasteiger partial charge is 0.121 e. The monoisotopic (exact) mass is 280 g/mol. The van der Waals surface area contributed by atoms with Gasteiger partial charge in [0.25, 0.3) is 0 Å². The summed E-state index contributed by atoms with van der Waals surface area (Å²) in [5.74, 6) is 1.86. The topological polar surface area (TPSA) is 9.23 Å². The van der Waals surface area contributed by atoms with Crippen molar-refractivity contribution in [3.63, 3.8) is 0 Å². The Hall–Kier alpha value is -0.690. The normalized spacial score (nSPS) is 18.3. The second-order valence-corrected chi connectivity index (χ2v) is 6.30. The first-order chi connectivity index (χ1) is 9.20. The molecule has 0 spiro atoms. The molecule has 0 N–H and O–H groups in total. The molecule has 0 saturated heterocycles. The Morgan fingerprint density at radius 2 is 2.00 bits per heavy atom. The molecule has 1 aliphatic carbocycles. The molecule has 1 aromatic carbocycles. The van der Waals surface area contributed by atoms with Crippen molar-refractivity contribution in [2.75, 3.05) is 7.11 Å². The van der Waals surface area contributed by atoms with Crippen LogP contribution in [0, 0.1) is 12.8 Å². The average molecular weight is 281 g/mol. The number of hydrogen-bond acceptors (Lipinski definition) is 1. The maximum Gasteiger partial charge on any atom is 0.121 e. The Balaban J connectivity index is 1.88. The van der Waals surface area contributed by atoms with E-state index in [-0.39, 0.29) is 5.38 Å². The van der Waals surface area contributed by atoms with Crippen LogP contribution in [0.3, 0.4) is 0 Å². The maximum atomic E-state index is 6.55. The van der Waals surface area contributed by atoms with Gasteiger partial charge in [0.05, 0.1) is 12.5 Å². The van der Waals surface area contributed by atoms with E-state index < -0.39 is 0 Å². The molecular weight excluding hydrogens is 256 g/mol. The molecule has 19 heavy (non-hydrogen) atoms. The first-order valence-corrected chi connectivity index (χ1v) is 7.93. The van der Waals surface area contributed by atoms with Crippen LogP contribution in [0.2, 0.25) is 0 Å². The Labute approximate surface area is 122 Å². The summed E-state index contributed by atoms with van der Waals surface area (Å²) in [6.45, 7) is 2.08. The van der Waals surface area contributed by atoms with Crippen LogP contribution in [-0.4, -0.2) is 7.11 Å². The minimum atomic E-state index is 0.145. The van der Waals surface area contributed by atoms with Gasteiger partial charge in [0.1, 0.15) is 5.75 Å². The highest BCUT2D eigenvalue weighted by atomic mass is 35.5. The van der Waals surface area contributed by atoms with Crippen molar-refractivity contribution in [2.24, 2.45) is 5.92 Å². The number of hydrogen-bond donors (Lipinski definition) is 0. The zero-order valence-electron chi connectivity index (χ0n) is 12.1. The van der Waals surface area contributed by atoms with Crippen molar-refractivity contribution in [1.29, 1.82) is 0 Å². The van der Waals surface area contributed by atoms with Gasteiger partial charge in [-0.2, -0.15) is 0 Å². The number of halogens is 1. The molecule has 2 rings (SSSR count). The Morgan fingerprint density at radius 3 is 2.63 bits per heavy atom. The van der Waals surface area contributed by atoms with Crippen LogP contribution in [0.1, 0.15) is 61.4 Å². The van der Waals surface area contributed by atoms with E-state index in [1.54, 1.807) is 7.11 Å². The van der Waals surface area contributed by atoms with Crippen LogP contribution in [0.25, 0.3) is 0 Å². The van der Waals surface area contributed by atoms with Crippen molar-refractivity contribution >= 4 is 11.6 Å². The number of alkyl halides is 1. The fourth-order valence-electron chi connectivity index (χ4n) is 3.12. The van der Waals surface area contributed by atoms with E-state index in [2.05, 4.69) is 19.1 Å². The summed E-state index contributed by atoms with van der Waals surface area (Å²) in [5, 5.41) is 0.145. The molecular formula is C17H25ClO. The summed E-state index contributed by atoms with van der Waals surface area (Å²) in [6.07, 6.45) is 9.45. The lowest BCUT2D eigenvalue weighted by Gasteiger charge is -2.22. The van der Waals surface area contributed by atoms with Gasteiger partial charge in [-0.15, -0.1) is 11.6 Å². The molecule has 2 heteroatoms. The molecule has 0 aromatic heterocycles. The van der Waals surface area contributed by atoms with E-state index in [0.717, 1.165) is 18.1 Å². The molecule has 0 amide bonds. The Bertz CT molecular complexity index is 396. The predicted molar refractivity (Wildman–Crippen MR) is 82.1 cm³/mol. The van der Waals surface area contributed by atoms with Crippen molar-refractivity contribution in [2.45, 2.75) is 57.2 Å². The number of ether oxygens (including phenoxy) is 1. The second-order valence-electron chi connectivity index (χ2n) is 5.78. The summed E-state index contributed by atoms with van der Waals surface area (Å²) in [6, 6.07) is 6.29. The quantitative estimate of drug-likeness (QED) is 0.634. The van der Waals surface area contributed by atoms with Crippen LogP contribution in [0.5, 0.6) is 5.75 Å². The van der Waals surface area contributed by atoms with Crippen molar-refractivity contribution < 1.29 is 4.74 Å². The Kier molecular flexibility index (Phi) is 5.57. The molecule has 1 unspecified atom stereocenters. The molecule has 1 saturated carbocycles. The predicted octanol–water partition coefficient (Wildman–Crippen LogP) is 5.64. The fraction of sp³-hybridized carbons (Fsp3) is 0.647. The second kappa shape index (κ2) is 7.19. The number of methoxy groups -OCH3 is 1. The lowest BCUT2D eigenvalue weighted by Crippen LogP contribution is -2.07. The van der Waals surface area contributed by atoms with Gasteiger partial charge in [-0.1, -0.05) is 44.2 Å². The van der Waals surface area contributed by atoms with E-state index in [0.29, 0.717) is 0 Å². The Morgan fingerprint density at radius 1 is 1.26 bits per heavy atom. The molecule has 1 fully saturated rings. The van der Waals surface area contributed by atoms with Gasteiger partial charge in [-0.05, 0) is 42.9 Å². The van der Waals surface area contributed by atoms with Gasteiger partial charge in [0.2, 0.25) is 0 Å². The first kappa shape index (κ1) is 14.7. The van der Waals surface area contributed by atoms with Gasteiger partial charge in [0.15, 0.2) is 0 Å². The molecule has 1 atom stereocenters. The lowest BCUT2D eigenvalue weighted by molar-refractivity contribution is 0.331. The highest BCUT2D eigenvalue weighted by Crippen LogP contribution is 2.34. The third kappa shape index (κ3) is 4.14. The van der Waals surface area contributed by atoms with Gasteiger partial charge in [0, 0.05) is 0 Å². The summed E-state index contributed by atoms with van der Waals surface area (Å²) < 4.78 is 5.29. The summed E-state index contributed by atoms with van der Waals surface area (Å²) in [5.41, 5.74) is 2.40. The van der Waals surface area contributed by atoms with Gasteiger partial charge < -0.3 is 4.74 Å². The highest BCUT2D eigenvalue weighted by molar-refractivity contribution is 6.20. The third-order valence-corrected chi connectivity index (χ3v) is 4.80. The average Bonchev–Trinajstić information content (AvgIpc) is 2.45. The fourth-order valence-corrected chi connectivity index (χ4v) is 3.38. The SMILES string of the molecule is COc1ccc(C(Cl)CCC2CCCCC2)cc1C. The zero-order valence-corrected chi connectivity index (χ0v) is 12.9. The maximum absolute atomic E-state index is 6.55. The highest BCUT2D eigenvalue weighted by Gasteiger charge is 2.16. The number of aryl methyl sites for hydroxylation is 1. The minimum absolute atomic E-state index is 0.145.